The highest BCUT2D eigenvalue weighted by Crippen LogP contribution is 2.44. The number of amides is 1. The number of ether oxygens (including phenoxy) is 2. The Morgan fingerprint density at radius 3 is 2.04 bits per heavy atom. The number of hydrogen-bond acceptors (Lipinski definition) is 9. The quantitative estimate of drug-likeness (QED) is 0.159. The Morgan fingerprint density at radius 1 is 0.981 bits per heavy atom. The third-order valence-electron chi connectivity index (χ3n) is 11.6. The topological polar surface area (TPSA) is 104 Å². The number of hydrogen-bond donors (Lipinski definition) is 0. The van der Waals surface area contributed by atoms with Crippen molar-refractivity contribution in [2.45, 2.75) is 177 Å². The highest BCUT2D eigenvalue weighted by atomic mass is 32.1. The average Bonchev–Trinajstić information content (AvgIpc) is 3.40. The Hall–Kier alpha value is -2.13. The Kier molecular flexibility index (Phi) is 16.0. The third-order valence-corrected chi connectivity index (χ3v) is 21.3. The fourth-order valence-electron chi connectivity index (χ4n) is 5.93. The lowest BCUT2D eigenvalue weighted by Crippen LogP contribution is -2.54. The summed E-state index contributed by atoms with van der Waals surface area (Å²) in [6.45, 7) is 39.6. The second kappa shape index (κ2) is 18.0. The van der Waals surface area contributed by atoms with E-state index in [4.69, 9.17) is 18.3 Å². The van der Waals surface area contributed by atoms with Gasteiger partial charge in [-0.25, -0.2) is 9.78 Å². The fraction of sp³-hybridized carbons (Fsp3) is 0.762. The standard InChI is InChI=1S/C42H74N2O7SSi2/c1-28-21-20-23-44(38(47)49-39(5,6)7)24-22-33(29(2)25-32-27-52-31(4)43-32)48-35(45)26-34(50-53(16,17)40(8,9)10)42(14,15)37(46)30(3)36(28)51-54(18,19)41(11,12)13/h20-21,25,27-28,30,33-34,36H,22-24,26H2,1-19H3/b21-20+,29-25+/t28-,30+,33-,34-,36-/m0/s1. The second-order valence-electron chi connectivity index (χ2n) is 19.9. The van der Waals surface area contributed by atoms with E-state index in [0.717, 1.165) is 16.3 Å². The molecule has 9 nitrogen and oxygen atoms in total. The number of nitrogens with zero attached hydrogens (tertiary/aromatic N) is 2. The van der Waals surface area contributed by atoms with Crippen molar-refractivity contribution in [2.75, 3.05) is 13.1 Å². The fourth-order valence-corrected chi connectivity index (χ4v) is 9.40. The molecule has 0 spiro atoms. The number of thiazole rings is 1. The predicted molar refractivity (Wildman–Crippen MR) is 228 cm³/mol. The number of aromatic nitrogens is 1. The monoisotopic (exact) mass is 806 g/mol. The van der Waals surface area contributed by atoms with Gasteiger partial charge in [0, 0.05) is 36.2 Å². The Bertz CT molecular complexity index is 1510. The van der Waals surface area contributed by atoms with Gasteiger partial charge in [-0.3, -0.25) is 9.59 Å². The van der Waals surface area contributed by atoms with E-state index in [0.29, 0.717) is 6.42 Å². The van der Waals surface area contributed by atoms with Crippen LogP contribution in [-0.4, -0.2) is 81.4 Å². The molecular formula is C42H74N2O7SSi2. The third kappa shape index (κ3) is 13.2. The van der Waals surface area contributed by atoms with Crippen LogP contribution in [0.2, 0.25) is 36.3 Å². The van der Waals surface area contributed by atoms with Crippen molar-refractivity contribution in [2.24, 2.45) is 17.3 Å². The van der Waals surface area contributed by atoms with Crippen LogP contribution in [-0.2, 0) is 27.9 Å². The van der Waals surface area contributed by atoms with Crippen molar-refractivity contribution < 1.29 is 32.7 Å². The van der Waals surface area contributed by atoms with Crippen molar-refractivity contribution in [1.29, 1.82) is 0 Å². The smallest absolute Gasteiger partial charge is 0.410 e. The SMILES string of the molecule is C/C(=C\c1csc(C)n1)[C@@H]1CCN(C(=O)OC(C)(C)C)C/C=C/[C@H](C)[C@H](O[Si](C)(C)C(C)(C)C)[C@@H](C)C(=O)C(C)(C)[C@@H](O[Si](C)(C)C(C)(C)C)CC(=O)O1. The van der Waals surface area contributed by atoms with Gasteiger partial charge < -0.3 is 23.2 Å². The first-order valence-electron chi connectivity index (χ1n) is 19.6. The lowest BCUT2D eigenvalue weighted by molar-refractivity contribution is -0.153. The van der Waals surface area contributed by atoms with Gasteiger partial charge in [0.05, 0.1) is 29.3 Å². The van der Waals surface area contributed by atoms with E-state index in [1.54, 1.807) is 16.2 Å². The summed E-state index contributed by atoms with van der Waals surface area (Å²) in [4.78, 5) is 49.0. The molecule has 0 unspecified atom stereocenters. The summed E-state index contributed by atoms with van der Waals surface area (Å²) in [5.74, 6) is -1.16. The zero-order chi connectivity index (χ0) is 41.8. The summed E-state index contributed by atoms with van der Waals surface area (Å²) in [6, 6.07) is 0. The van der Waals surface area contributed by atoms with Crippen LogP contribution in [0.15, 0.2) is 23.1 Å². The summed E-state index contributed by atoms with van der Waals surface area (Å²) in [6.07, 6.45) is 3.91. The number of ketones is 1. The summed E-state index contributed by atoms with van der Waals surface area (Å²) in [5, 5.41) is 2.65. The van der Waals surface area contributed by atoms with Crippen LogP contribution in [0, 0.1) is 24.2 Å². The van der Waals surface area contributed by atoms with Crippen molar-refractivity contribution in [1.82, 2.24) is 9.88 Å². The molecular weight excluding hydrogens is 733 g/mol. The summed E-state index contributed by atoms with van der Waals surface area (Å²) >= 11 is 1.55. The first kappa shape index (κ1) is 48.0. The number of carbonyl (C=O) groups excluding carboxylic acids is 3. The number of rotatable bonds is 6. The Labute approximate surface area is 334 Å². The number of carbonyl (C=O) groups is 3. The van der Waals surface area contributed by atoms with Crippen molar-refractivity contribution in [3.63, 3.8) is 0 Å². The van der Waals surface area contributed by atoms with Gasteiger partial charge in [-0.2, -0.15) is 0 Å². The largest absolute Gasteiger partial charge is 0.458 e. The maximum atomic E-state index is 15.0. The molecule has 0 radical (unpaired) electrons. The van der Waals surface area contributed by atoms with Crippen molar-refractivity contribution in [3.05, 3.63) is 33.8 Å². The second-order valence-corrected chi connectivity index (χ2v) is 30.5. The van der Waals surface area contributed by atoms with Gasteiger partial charge in [0.25, 0.3) is 0 Å². The molecule has 0 bridgehead atoms. The molecule has 12 heteroatoms. The Balaban J connectivity index is 2.80. The molecule has 2 heterocycles. The van der Waals surface area contributed by atoms with E-state index in [9.17, 15) is 14.4 Å². The Morgan fingerprint density at radius 2 is 1.54 bits per heavy atom. The lowest BCUT2D eigenvalue weighted by atomic mass is 9.73. The van der Waals surface area contributed by atoms with E-state index < -0.39 is 63.9 Å². The van der Waals surface area contributed by atoms with E-state index in [1.807, 2.05) is 72.9 Å². The lowest BCUT2D eigenvalue weighted by Gasteiger charge is -2.46. The van der Waals surface area contributed by atoms with Gasteiger partial charge in [-0.15, -0.1) is 11.3 Å². The molecule has 1 aliphatic rings. The minimum atomic E-state index is -2.48. The number of aryl methyl sites for hydroxylation is 1. The van der Waals surface area contributed by atoms with E-state index in [-0.39, 0.29) is 41.3 Å². The molecule has 2 rings (SSSR count). The van der Waals surface area contributed by atoms with Crippen LogP contribution < -0.4 is 0 Å². The number of cyclic esters (lactones) is 1. The maximum absolute atomic E-state index is 15.0. The molecule has 54 heavy (non-hydrogen) atoms. The average molecular weight is 807 g/mol. The van der Waals surface area contributed by atoms with Crippen molar-refractivity contribution in [3.8, 4) is 0 Å². The molecule has 0 aliphatic carbocycles. The van der Waals surface area contributed by atoms with Gasteiger partial charge in [0.1, 0.15) is 17.5 Å². The van der Waals surface area contributed by atoms with Crippen LogP contribution in [0.5, 0.6) is 0 Å². The molecule has 0 fully saturated rings. The molecule has 1 aromatic heterocycles. The van der Waals surface area contributed by atoms with E-state index >= 15 is 0 Å². The van der Waals surface area contributed by atoms with Gasteiger partial charge in [-0.05, 0) is 88.5 Å². The summed E-state index contributed by atoms with van der Waals surface area (Å²) in [5.41, 5.74) is -0.152. The predicted octanol–water partition coefficient (Wildman–Crippen LogP) is 11.0. The highest BCUT2D eigenvalue weighted by molar-refractivity contribution is 7.09. The van der Waals surface area contributed by atoms with Gasteiger partial charge >= 0.3 is 12.1 Å². The van der Waals surface area contributed by atoms with Gasteiger partial charge in [0.15, 0.2) is 16.6 Å². The van der Waals surface area contributed by atoms with Crippen molar-refractivity contribution >= 4 is 51.9 Å². The number of esters is 1. The van der Waals surface area contributed by atoms with E-state index in [1.165, 1.54) is 0 Å². The first-order chi connectivity index (χ1) is 24.3. The molecule has 1 aliphatic heterocycles. The zero-order valence-electron chi connectivity index (χ0n) is 37.2. The molecule has 308 valence electrons. The van der Waals surface area contributed by atoms with Crippen LogP contribution >= 0.6 is 11.3 Å². The molecule has 0 aromatic carbocycles. The molecule has 0 N–H and O–H groups in total. The molecule has 0 saturated heterocycles. The maximum Gasteiger partial charge on any atom is 0.410 e. The molecule has 1 aromatic rings. The van der Waals surface area contributed by atoms with Crippen LogP contribution in [0.3, 0.4) is 0 Å². The normalized spacial score (nSPS) is 25.6. The minimum absolute atomic E-state index is 0.0167. The van der Waals surface area contributed by atoms with Gasteiger partial charge in [0.2, 0.25) is 0 Å². The minimum Gasteiger partial charge on any atom is -0.458 e. The summed E-state index contributed by atoms with van der Waals surface area (Å²) < 4.78 is 26.3. The highest BCUT2D eigenvalue weighted by Gasteiger charge is 2.50. The van der Waals surface area contributed by atoms with Gasteiger partial charge in [-0.1, -0.05) is 81.4 Å². The molecule has 0 saturated carbocycles. The first-order valence-corrected chi connectivity index (χ1v) is 26.3. The van der Waals surface area contributed by atoms with Crippen LogP contribution in [0.1, 0.15) is 120 Å². The van der Waals surface area contributed by atoms with E-state index in [2.05, 4.69) is 85.7 Å². The summed E-state index contributed by atoms with van der Waals surface area (Å²) in [7, 11) is -4.83. The molecule has 5 atom stereocenters. The van der Waals surface area contributed by atoms with Crippen LogP contribution in [0.25, 0.3) is 6.08 Å². The molecule has 1 amide bonds. The number of Topliss-reactive ketones (excluding diaryl/α,β-unsaturated/α-hetero) is 1. The zero-order valence-corrected chi connectivity index (χ0v) is 40.0. The van der Waals surface area contributed by atoms with Crippen LogP contribution in [0.4, 0.5) is 4.79 Å².